The molecule has 260 valence electrons. The SMILES string of the molecule is N#Cc1ccc2c(c1)C1(CCCCC1)c1cc(-c3cccc(-c4cc(-c5ccc6c(c5)oc5ccccc56)nc(-c5ccc6ccccc6c5)n4)c3)ccc1-2. The number of hydrogen-bond donors (Lipinski definition) is 0. The molecule has 0 N–H and O–H groups in total. The molecule has 0 saturated heterocycles. The predicted molar refractivity (Wildman–Crippen MR) is 223 cm³/mol. The molecule has 1 spiro atoms. The number of aromatic nitrogens is 2. The van der Waals surface area contributed by atoms with Crippen molar-refractivity contribution in [3.63, 3.8) is 0 Å². The molecular weight excluding hydrogens is 671 g/mol. The lowest BCUT2D eigenvalue weighted by Gasteiger charge is -2.36. The molecule has 0 aliphatic heterocycles. The average Bonchev–Trinajstić information content (AvgIpc) is 3.75. The molecule has 4 nitrogen and oxygen atoms in total. The van der Waals surface area contributed by atoms with Gasteiger partial charge in [-0.15, -0.1) is 0 Å². The van der Waals surface area contributed by atoms with E-state index in [-0.39, 0.29) is 5.41 Å². The largest absolute Gasteiger partial charge is 0.456 e. The first-order valence-electron chi connectivity index (χ1n) is 19.2. The van der Waals surface area contributed by atoms with Crippen LogP contribution >= 0.6 is 0 Å². The molecule has 0 amide bonds. The van der Waals surface area contributed by atoms with Gasteiger partial charge in [0.05, 0.1) is 23.0 Å². The van der Waals surface area contributed by atoms with Gasteiger partial charge < -0.3 is 4.42 Å². The zero-order valence-electron chi connectivity index (χ0n) is 30.2. The first-order chi connectivity index (χ1) is 27.1. The Balaban J connectivity index is 1.04. The van der Waals surface area contributed by atoms with E-state index in [0.29, 0.717) is 5.82 Å². The minimum Gasteiger partial charge on any atom is -0.456 e. The van der Waals surface area contributed by atoms with Gasteiger partial charge in [-0.1, -0.05) is 116 Å². The number of benzene rings is 7. The minimum absolute atomic E-state index is 0.0410. The fourth-order valence-corrected chi connectivity index (χ4v) is 9.38. The molecule has 1 fully saturated rings. The number of nitrogens with zero attached hydrogens (tertiary/aromatic N) is 3. The average molecular weight is 706 g/mol. The van der Waals surface area contributed by atoms with Crippen molar-refractivity contribution in [1.29, 1.82) is 5.26 Å². The van der Waals surface area contributed by atoms with Gasteiger partial charge in [0.2, 0.25) is 0 Å². The van der Waals surface area contributed by atoms with Crippen LogP contribution in [0.3, 0.4) is 0 Å². The van der Waals surface area contributed by atoms with Gasteiger partial charge in [-0.2, -0.15) is 5.26 Å². The lowest BCUT2D eigenvalue weighted by atomic mass is 9.67. The first kappa shape index (κ1) is 31.7. The fourth-order valence-electron chi connectivity index (χ4n) is 9.38. The van der Waals surface area contributed by atoms with E-state index in [9.17, 15) is 5.26 Å². The van der Waals surface area contributed by atoms with Crippen LogP contribution in [0.5, 0.6) is 0 Å². The predicted octanol–water partition coefficient (Wildman–Crippen LogP) is 13.3. The Morgan fingerprint density at radius 3 is 2.02 bits per heavy atom. The summed E-state index contributed by atoms with van der Waals surface area (Å²) in [5.41, 5.74) is 14.8. The topological polar surface area (TPSA) is 62.7 Å². The summed E-state index contributed by atoms with van der Waals surface area (Å²) < 4.78 is 6.31. The van der Waals surface area contributed by atoms with Crippen molar-refractivity contribution in [3.05, 3.63) is 168 Å². The second kappa shape index (κ2) is 12.4. The highest BCUT2D eigenvalue weighted by Gasteiger charge is 2.44. The minimum atomic E-state index is -0.0410. The second-order valence-corrected chi connectivity index (χ2v) is 15.2. The van der Waals surface area contributed by atoms with Crippen LogP contribution in [0.25, 0.3) is 88.9 Å². The highest BCUT2D eigenvalue weighted by molar-refractivity contribution is 6.05. The molecule has 9 aromatic rings. The molecule has 0 bridgehead atoms. The van der Waals surface area contributed by atoms with Crippen molar-refractivity contribution in [2.45, 2.75) is 37.5 Å². The van der Waals surface area contributed by atoms with Gasteiger partial charge in [-0.05, 0) is 112 Å². The third kappa shape index (κ3) is 5.12. The van der Waals surface area contributed by atoms with Gasteiger partial charge in [0, 0.05) is 32.9 Å². The van der Waals surface area contributed by atoms with Crippen molar-refractivity contribution in [2.75, 3.05) is 0 Å². The van der Waals surface area contributed by atoms with Crippen LogP contribution in [0.4, 0.5) is 0 Å². The Morgan fingerprint density at radius 1 is 0.491 bits per heavy atom. The van der Waals surface area contributed by atoms with E-state index in [1.807, 2.05) is 24.3 Å². The zero-order chi connectivity index (χ0) is 36.5. The van der Waals surface area contributed by atoms with E-state index >= 15 is 0 Å². The Kier molecular flexibility index (Phi) is 7.12. The third-order valence-electron chi connectivity index (χ3n) is 12.1. The molecule has 1 saturated carbocycles. The number of nitriles is 1. The molecule has 0 atom stereocenters. The molecule has 11 rings (SSSR count). The number of fused-ring (bicyclic) bond motifs is 9. The summed E-state index contributed by atoms with van der Waals surface area (Å²) in [7, 11) is 0. The van der Waals surface area contributed by atoms with Crippen LogP contribution in [0.2, 0.25) is 0 Å². The summed E-state index contributed by atoms with van der Waals surface area (Å²) in [5, 5.41) is 14.3. The van der Waals surface area contributed by atoms with Crippen molar-refractivity contribution in [1.82, 2.24) is 9.97 Å². The summed E-state index contributed by atoms with van der Waals surface area (Å²) in [4.78, 5) is 10.4. The van der Waals surface area contributed by atoms with E-state index < -0.39 is 0 Å². The fraction of sp³-hybridized carbons (Fsp3) is 0.118. The number of rotatable bonds is 4. The molecule has 0 radical (unpaired) electrons. The molecule has 2 aromatic heterocycles. The van der Waals surface area contributed by atoms with E-state index in [0.717, 1.165) is 79.4 Å². The molecular formula is C51H35N3O. The van der Waals surface area contributed by atoms with Gasteiger partial charge in [0.15, 0.2) is 5.82 Å². The van der Waals surface area contributed by atoms with E-state index in [1.165, 1.54) is 52.5 Å². The van der Waals surface area contributed by atoms with Crippen LogP contribution in [-0.2, 0) is 5.41 Å². The summed E-state index contributed by atoms with van der Waals surface area (Å²) in [6.45, 7) is 0. The third-order valence-corrected chi connectivity index (χ3v) is 12.1. The van der Waals surface area contributed by atoms with E-state index in [4.69, 9.17) is 14.4 Å². The maximum absolute atomic E-state index is 9.80. The van der Waals surface area contributed by atoms with Crippen LogP contribution in [0.1, 0.15) is 48.8 Å². The summed E-state index contributed by atoms with van der Waals surface area (Å²) in [6.07, 6.45) is 5.90. The summed E-state index contributed by atoms with van der Waals surface area (Å²) in [6, 6.07) is 56.0. The first-order valence-corrected chi connectivity index (χ1v) is 19.2. The van der Waals surface area contributed by atoms with Crippen molar-refractivity contribution < 1.29 is 4.42 Å². The normalized spacial score (nSPS) is 14.3. The lowest BCUT2D eigenvalue weighted by molar-refractivity contribution is 0.353. The molecule has 2 aliphatic rings. The lowest BCUT2D eigenvalue weighted by Crippen LogP contribution is -2.28. The Hall–Kier alpha value is -6.83. The van der Waals surface area contributed by atoms with Gasteiger partial charge in [-0.3, -0.25) is 0 Å². The molecule has 4 heteroatoms. The van der Waals surface area contributed by atoms with Crippen LogP contribution in [0.15, 0.2) is 156 Å². The summed E-state index contributed by atoms with van der Waals surface area (Å²) >= 11 is 0. The Bertz CT molecular complexity index is 3050. The van der Waals surface area contributed by atoms with Crippen molar-refractivity contribution in [3.8, 4) is 62.2 Å². The van der Waals surface area contributed by atoms with Crippen LogP contribution in [-0.4, -0.2) is 9.97 Å². The monoisotopic (exact) mass is 705 g/mol. The molecule has 7 aromatic carbocycles. The maximum Gasteiger partial charge on any atom is 0.160 e. The standard InChI is InChI=1S/C51H35N3O/c52-31-32-15-20-40-41-21-18-36(28-45(41)51(44(40)25-32)23-6-1-7-24-51)35-11-8-12-37(26-35)46-30-47(38-19-22-43-42-13-4-5-14-48(42)55-49(43)29-38)54-50(53-46)39-17-16-33-9-2-3-10-34(33)27-39/h2-5,8-22,25-30H,1,6-7,23-24H2. The zero-order valence-corrected chi connectivity index (χ0v) is 30.2. The smallest absolute Gasteiger partial charge is 0.160 e. The van der Waals surface area contributed by atoms with E-state index in [1.54, 1.807) is 0 Å². The maximum atomic E-state index is 9.80. The van der Waals surface area contributed by atoms with Crippen molar-refractivity contribution >= 4 is 32.7 Å². The summed E-state index contributed by atoms with van der Waals surface area (Å²) in [5.74, 6) is 0.680. The Labute approximate surface area is 319 Å². The number of furan rings is 1. The highest BCUT2D eigenvalue weighted by Crippen LogP contribution is 2.56. The number of hydrogen-bond acceptors (Lipinski definition) is 4. The van der Waals surface area contributed by atoms with Crippen LogP contribution in [0, 0.1) is 11.3 Å². The second-order valence-electron chi connectivity index (χ2n) is 15.2. The molecule has 0 unspecified atom stereocenters. The van der Waals surface area contributed by atoms with Gasteiger partial charge in [-0.25, -0.2) is 9.97 Å². The highest BCUT2D eigenvalue weighted by atomic mass is 16.3. The van der Waals surface area contributed by atoms with Gasteiger partial charge >= 0.3 is 0 Å². The van der Waals surface area contributed by atoms with Gasteiger partial charge in [0.1, 0.15) is 11.2 Å². The molecule has 2 aliphatic carbocycles. The molecule has 2 heterocycles. The van der Waals surface area contributed by atoms with Gasteiger partial charge in [0.25, 0.3) is 0 Å². The number of para-hydroxylation sites is 1. The van der Waals surface area contributed by atoms with E-state index in [2.05, 4.69) is 133 Å². The Morgan fingerprint density at radius 2 is 1.16 bits per heavy atom. The van der Waals surface area contributed by atoms with Crippen LogP contribution < -0.4 is 0 Å². The quantitative estimate of drug-likeness (QED) is 0.183. The van der Waals surface area contributed by atoms with Crippen molar-refractivity contribution in [2.24, 2.45) is 0 Å². The molecule has 55 heavy (non-hydrogen) atoms.